The Bertz CT molecular complexity index is 879. The lowest BCUT2D eigenvalue weighted by Crippen LogP contribution is -2.36. The number of benzene rings is 1. The topological polar surface area (TPSA) is 58.4 Å². The summed E-state index contributed by atoms with van der Waals surface area (Å²) in [5.41, 5.74) is 1.79. The molecule has 0 bridgehead atoms. The van der Waals surface area contributed by atoms with Crippen molar-refractivity contribution in [1.29, 1.82) is 0 Å². The van der Waals surface area contributed by atoms with Crippen molar-refractivity contribution in [2.24, 2.45) is 5.41 Å². The molecule has 1 spiro atoms. The van der Waals surface area contributed by atoms with Crippen molar-refractivity contribution in [3.8, 4) is 0 Å². The second-order valence-electron chi connectivity index (χ2n) is 7.96. The van der Waals surface area contributed by atoms with E-state index >= 15 is 0 Å². The van der Waals surface area contributed by atoms with Crippen LogP contribution in [-0.2, 0) is 6.54 Å². The lowest BCUT2D eigenvalue weighted by atomic mass is 9.86. The molecule has 2 fully saturated rings. The fraction of sp³-hybridized carbons (Fsp3) is 0.476. The summed E-state index contributed by atoms with van der Waals surface area (Å²) in [6.45, 7) is 6.24. The molecule has 0 saturated carbocycles. The van der Waals surface area contributed by atoms with E-state index in [0.717, 1.165) is 50.6 Å². The van der Waals surface area contributed by atoms with Crippen molar-refractivity contribution in [3.05, 3.63) is 52.8 Å². The third kappa shape index (κ3) is 3.84. The van der Waals surface area contributed by atoms with Gasteiger partial charge in [-0.25, -0.2) is 4.79 Å². The molecule has 1 amide bonds. The highest BCUT2D eigenvalue weighted by Crippen LogP contribution is 2.40. The summed E-state index contributed by atoms with van der Waals surface area (Å²) in [5, 5.41) is 4.93. The zero-order valence-corrected chi connectivity index (χ0v) is 16.9. The number of hydrogen-bond acceptors (Lipinski definition) is 4. The maximum Gasteiger partial charge on any atom is 0.344 e. The molecule has 4 rings (SSSR count). The summed E-state index contributed by atoms with van der Waals surface area (Å²) in [7, 11) is 0. The standard InChI is InChI=1S/C21H25ClN4O2/c1-2-19(27)18-7-10-26(23-18)20(28)25-12-9-21(15-25)8-11-24(14-21)13-16-3-5-17(22)6-4-16/h3-7,10H,2,8-9,11-15H2,1H3. The molecule has 2 aliphatic rings. The van der Waals surface area contributed by atoms with Gasteiger partial charge in [0, 0.05) is 49.2 Å². The number of hydrogen-bond donors (Lipinski definition) is 0. The summed E-state index contributed by atoms with van der Waals surface area (Å²) in [4.78, 5) is 28.9. The van der Waals surface area contributed by atoms with Gasteiger partial charge in [0.05, 0.1) is 0 Å². The average Bonchev–Trinajstić information content (AvgIpc) is 3.43. The highest BCUT2D eigenvalue weighted by atomic mass is 35.5. The van der Waals surface area contributed by atoms with Crippen LogP contribution in [0.2, 0.25) is 5.02 Å². The van der Waals surface area contributed by atoms with Crippen molar-refractivity contribution >= 4 is 23.4 Å². The molecular formula is C21H25ClN4O2. The van der Waals surface area contributed by atoms with Crippen LogP contribution in [0.4, 0.5) is 4.79 Å². The number of amides is 1. The lowest BCUT2D eigenvalue weighted by molar-refractivity contribution is 0.0983. The maximum absolute atomic E-state index is 12.8. The first-order valence-corrected chi connectivity index (χ1v) is 10.2. The fourth-order valence-corrected chi connectivity index (χ4v) is 4.47. The van der Waals surface area contributed by atoms with Gasteiger partial charge in [-0.3, -0.25) is 9.69 Å². The van der Waals surface area contributed by atoms with E-state index < -0.39 is 0 Å². The highest BCUT2D eigenvalue weighted by molar-refractivity contribution is 6.30. The van der Waals surface area contributed by atoms with E-state index in [0.29, 0.717) is 12.1 Å². The van der Waals surface area contributed by atoms with Gasteiger partial charge in [0.2, 0.25) is 0 Å². The monoisotopic (exact) mass is 400 g/mol. The number of ketones is 1. The van der Waals surface area contributed by atoms with Crippen molar-refractivity contribution in [2.45, 2.75) is 32.7 Å². The first kappa shape index (κ1) is 19.2. The second kappa shape index (κ2) is 7.68. The van der Waals surface area contributed by atoms with Crippen LogP contribution in [0.5, 0.6) is 0 Å². The quantitative estimate of drug-likeness (QED) is 0.734. The maximum atomic E-state index is 12.8. The van der Waals surface area contributed by atoms with Gasteiger partial charge >= 0.3 is 6.03 Å². The van der Waals surface area contributed by atoms with E-state index in [1.807, 2.05) is 17.0 Å². The predicted octanol–water partition coefficient (Wildman–Crippen LogP) is 3.70. The highest BCUT2D eigenvalue weighted by Gasteiger charge is 2.45. The van der Waals surface area contributed by atoms with Crippen molar-refractivity contribution in [1.82, 2.24) is 19.6 Å². The Morgan fingerprint density at radius 3 is 2.61 bits per heavy atom. The minimum Gasteiger partial charge on any atom is -0.322 e. The van der Waals surface area contributed by atoms with Gasteiger partial charge in [-0.2, -0.15) is 9.78 Å². The molecule has 3 heterocycles. The minimum atomic E-state index is -0.136. The molecule has 0 N–H and O–H groups in total. The Kier molecular flexibility index (Phi) is 5.25. The van der Waals surface area contributed by atoms with E-state index in [1.165, 1.54) is 10.2 Å². The van der Waals surface area contributed by atoms with Gasteiger partial charge in [0.15, 0.2) is 5.78 Å². The molecular weight excluding hydrogens is 376 g/mol. The van der Waals surface area contributed by atoms with Gasteiger partial charge in [-0.1, -0.05) is 30.7 Å². The Labute approximate surface area is 170 Å². The van der Waals surface area contributed by atoms with Crippen molar-refractivity contribution in [2.75, 3.05) is 26.2 Å². The summed E-state index contributed by atoms with van der Waals surface area (Å²) in [5.74, 6) is -0.0434. The van der Waals surface area contributed by atoms with Crippen molar-refractivity contribution in [3.63, 3.8) is 0 Å². The molecule has 2 saturated heterocycles. The first-order chi connectivity index (χ1) is 13.5. The molecule has 0 aliphatic carbocycles. The predicted molar refractivity (Wildman–Crippen MR) is 108 cm³/mol. The van der Waals surface area contributed by atoms with Crippen LogP contribution >= 0.6 is 11.6 Å². The molecule has 2 aliphatic heterocycles. The largest absolute Gasteiger partial charge is 0.344 e. The van der Waals surface area contributed by atoms with Crippen LogP contribution in [0.25, 0.3) is 0 Å². The smallest absolute Gasteiger partial charge is 0.322 e. The molecule has 6 nitrogen and oxygen atoms in total. The van der Waals surface area contributed by atoms with E-state index in [-0.39, 0.29) is 17.2 Å². The van der Waals surface area contributed by atoms with Gasteiger partial charge in [-0.15, -0.1) is 0 Å². The third-order valence-electron chi connectivity index (χ3n) is 5.94. The van der Waals surface area contributed by atoms with E-state index in [2.05, 4.69) is 22.1 Å². The number of carbonyl (C=O) groups is 2. The second-order valence-corrected chi connectivity index (χ2v) is 8.40. The molecule has 1 atom stereocenters. The molecule has 1 unspecified atom stereocenters. The lowest BCUT2D eigenvalue weighted by Gasteiger charge is -2.24. The number of nitrogens with zero attached hydrogens (tertiary/aromatic N) is 4. The number of rotatable bonds is 4. The molecule has 2 aromatic rings. The fourth-order valence-electron chi connectivity index (χ4n) is 4.35. The average molecular weight is 401 g/mol. The van der Waals surface area contributed by atoms with Crippen LogP contribution in [0, 0.1) is 5.41 Å². The number of carbonyl (C=O) groups excluding carboxylic acids is 2. The number of aromatic nitrogens is 2. The summed E-state index contributed by atoms with van der Waals surface area (Å²) < 4.78 is 1.31. The number of likely N-dealkylation sites (tertiary alicyclic amines) is 2. The zero-order valence-electron chi connectivity index (χ0n) is 16.1. The molecule has 7 heteroatoms. The van der Waals surface area contributed by atoms with Crippen LogP contribution < -0.4 is 0 Å². The summed E-state index contributed by atoms with van der Waals surface area (Å²) >= 11 is 5.97. The molecule has 1 aromatic heterocycles. The van der Waals surface area contributed by atoms with E-state index in [4.69, 9.17) is 11.6 Å². The minimum absolute atomic E-state index is 0.0434. The third-order valence-corrected chi connectivity index (χ3v) is 6.19. The van der Waals surface area contributed by atoms with Gasteiger partial charge in [-0.05, 0) is 43.1 Å². The Hall–Kier alpha value is -2.18. The van der Waals surface area contributed by atoms with Crippen LogP contribution in [0.3, 0.4) is 0 Å². The summed E-state index contributed by atoms with van der Waals surface area (Å²) in [6.07, 6.45) is 4.10. The van der Waals surface area contributed by atoms with Gasteiger partial charge in [0.1, 0.15) is 5.69 Å². The SMILES string of the molecule is CCC(=O)c1ccn(C(=O)N2CCC3(CCN(Cc4ccc(Cl)cc4)C3)C2)n1. The van der Waals surface area contributed by atoms with Crippen LogP contribution in [-0.4, -0.2) is 57.6 Å². The summed E-state index contributed by atoms with van der Waals surface area (Å²) in [6, 6.07) is 9.50. The Balaban J connectivity index is 1.37. The molecule has 0 radical (unpaired) electrons. The van der Waals surface area contributed by atoms with Crippen LogP contribution in [0.1, 0.15) is 42.2 Å². The van der Waals surface area contributed by atoms with Crippen molar-refractivity contribution < 1.29 is 9.59 Å². The van der Waals surface area contributed by atoms with Gasteiger partial charge in [0.25, 0.3) is 0 Å². The van der Waals surface area contributed by atoms with E-state index in [9.17, 15) is 9.59 Å². The Morgan fingerprint density at radius 2 is 1.86 bits per heavy atom. The normalized spacial score (nSPS) is 22.3. The van der Waals surface area contributed by atoms with Gasteiger partial charge < -0.3 is 4.90 Å². The number of Topliss-reactive ketones (excluding diaryl/α,β-unsaturated/α-hetero) is 1. The first-order valence-electron chi connectivity index (χ1n) is 9.83. The number of halogens is 1. The Morgan fingerprint density at radius 1 is 1.11 bits per heavy atom. The molecule has 148 valence electrons. The van der Waals surface area contributed by atoms with E-state index in [1.54, 1.807) is 19.2 Å². The zero-order chi connectivity index (χ0) is 19.7. The molecule has 1 aromatic carbocycles. The van der Waals surface area contributed by atoms with Crippen LogP contribution in [0.15, 0.2) is 36.5 Å². The molecule has 28 heavy (non-hydrogen) atoms.